The third kappa shape index (κ3) is 4.71. The van der Waals surface area contributed by atoms with Gasteiger partial charge in [-0.3, -0.25) is 4.79 Å². The molecule has 0 aliphatic carbocycles. The van der Waals surface area contributed by atoms with Crippen LogP contribution in [0.15, 0.2) is 94.2 Å². The maximum Gasteiger partial charge on any atom is 0.287 e. The molecule has 0 spiro atoms. The highest BCUT2D eigenvalue weighted by atomic mass is 35.5. The summed E-state index contributed by atoms with van der Waals surface area (Å²) < 4.78 is 23.0. The largest absolute Gasteiger partial charge is 0.392 e. The minimum absolute atomic E-state index is 0. The number of halogens is 1. The summed E-state index contributed by atoms with van der Waals surface area (Å²) in [6, 6.07) is 24.2. The third-order valence-corrected chi connectivity index (χ3v) is 5.19. The first-order chi connectivity index (χ1) is 12.1. The zero-order chi connectivity index (χ0) is 17.7. The molecule has 26 heavy (non-hydrogen) atoms. The second-order valence-corrected chi connectivity index (χ2v) is 7.22. The quantitative estimate of drug-likeness (QED) is 0.627. The lowest BCUT2D eigenvalue weighted by molar-refractivity contribution is 0.100. The number of amides is 1. The predicted octanol–water partition coefficient (Wildman–Crippen LogP) is 5.08. The number of benzene rings is 3. The number of aryl methyl sites for hydroxylation is 1. The number of carbonyl (C=O) groups excluding carboxylic acids is 1. The van der Waals surface area contributed by atoms with E-state index in [1.807, 2.05) is 25.1 Å². The van der Waals surface area contributed by atoms with E-state index in [-0.39, 0.29) is 12.4 Å². The topological polar surface area (TPSA) is 55.7 Å². The molecule has 1 unspecified atom stereocenters. The molecule has 6 heteroatoms. The standard InChI is InChI=1S/C20H17NO3S.ClH/c1-16-12-14-19(15-13-16)25(23,24-18-10-6-3-7-11-18)21-20(22)17-8-4-2-5-9-17;/h2-15H,1H3;1H. The molecule has 0 saturated heterocycles. The number of carbonyl (C=O) groups is 1. The van der Waals surface area contributed by atoms with E-state index in [4.69, 9.17) is 4.18 Å². The average Bonchev–Trinajstić information content (AvgIpc) is 2.63. The van der Waals surface area contributed by atoms with Crippen LogP contribution in [0.3, 0.4) is 0 Å². The van der Waals surface area contributed by atoms with Gasteiger partial charge >= 0.3 is 0 Å². The van der Waals surface area contributed by atoms with Crippen LogP contribution in [0, 0.1) is 6.92 Å². The van der Waals surface area contributed by atoms with Gasteiger partial charge < -0.3 is 4.18 Å². The monoisotopic (exact) mass is 387 g/mol. The molecule has 3 aromatic carbocycles. The number of hydrogen-bond donors (Lipinski definition) is 0. The average molecular weight is 388 g/mol. The smallest absolute Gasteiger partial charge is 0.287 e. The van der Waals surface area contributed by atoms with Crippen molar-refractivity contribution in [3.05, 3.63) is 96.1 Å². The number of rotatable bonds is 4. The Hall–Kier alpha value is -2.63. The van der Waals surface area contributed by atoms with Gasteiger partial charge in [-0.05, 0) is 43.3 Å². The highest BCUT2D eigenvalue weighted by Gasteiger charge is 2.18. The normalized spacial score (nSPS) is 12.3. The molecule has 1 atom stereocenters. The minimum Gasteiger partial charge on any atom is -0.392 e. The van der Waals surface area contributed by atoms with Crippen LogP contribution >= 0.6 is 12.4 Å². The maximum atomic E-state index is 13.4. The Morgan fingerprint density at radius 2 is 1.38 bits per heavy atom. The van der Waals surface area contributed by atoms with Crippen LogP contribution in [-0.2, 0) is 10.0 Å². The van der Waals surface area contributed by atoms with Crippen molar-refractivity contribution in [3.63, 3.8) is 0 Å². The second kappa shape index (κ2) is 8.65. The van der Waals surface area contributed by atoms with Gasteiger partial charge in [0.25, 0.3) is 5.91 Å². The molecule has 0 bridgehead atoms. The van der Waals surface area contributed by atoms with Crippen LogP contribution in [0.5, 0.6) is 5.75 Å². The van der Waals surface area contributed by atoms with Crippen molar-refractivity contribution >= 4 is 28.3 Å². The van der Waals surface area contributed by atoms with Gasteiger partial charge in [0.2, 0.25) is 10.0 Å². The fraction of sp³-hybridized carbons (Fsp3) is 0.0500. The van der Waals surface area contributed by atoms with Crippen LogP contribution in [0.25, 0.3) is 0 Å². The zero-order valence-electron chi connectivity index (χ0n) is 14.1. The summed E-state index contributed by atoms with van der Waals surface area (Å²) in [5.74, 6) is -0.195. The lowest BCUT2D eigenvalue weighted by atomic mass is 10.2. The first-order valence-corrected chi connectivity index (χ1v) is 9.18. The van der Waals surface area contributed by atoms with Crippen LogP contribution in [0.2, 0.25) is 0 Å². The molecule has 3 aromatic rings. The SMILES string of the molecule is Cc1ccc(S(=O)(=NC(=O)c2ccccc2)Oc2ccccc2)cc1.Cl. The first-order valence-electron chi connectivity index (χ1n) is 7.74. The Morgan fingerprint density at radius 1 is 0.846 bits per heavy atom. The van der Waals surface area contributed by atoms with Crippen molar-refractivity contribution < 1.29 is 13.2 Å². The Bertz CT molecular complexity index is 981. The van der Waals surface area contributed by atoms with Crippen molar-refractivity contribution in [2.24, 2.45) is 4.36 Å². The van der Waals surface area contributed by atoms with Gasteiger partial charge in [0.1, 0.15) is 5.75 Å². The van der Waals surface area contributed by atoms with Crippen molar-refractivity contribution in [1.82, 2.24) is 0 Å². The number of hydrogen-bond acceptors (Lipinski definition) is 3. The van der Waals surface area contributed by atoms with Gasteiger partial charge in [0, 0.05) is 5.56 Å². The Kier molecular flexibility index (Phi) is 6.55. The molecule has 0 fully saturated rings. The maximum absolute atomic E-state index is 13.4. The summed E-state index contributed by atoms with van der Waals surface area (Å²) >= 11 is 0. The fourth-order valence-corrected chi connectivity index (χ4v) is 3.59. The fourth-order valence-electron chi connectivity index (χ4n) is 2.18. The molecule has 0 radical (unpaired) electrons. The number of nitrogens with zero attached hydrogens (tertiary/aromatic N) is 1. The van der Waals surface area contributed by atoms with E-state index >= 15 is 0 Å². The van der Waals surface area contributed by atoms with Gasteiger partial charge in [-0.1, -0.05) is 54.1 Å². The summed E-state index contributed by atoms with van der Waals surface area (Å²) in [7, 11) is -3.41. The molecule has 1 amide bonds. The molecule has 0 aliphatic rings. The van der Waals surface area contributed by atoms with Crippen LogP contribution in [0.4, 0.5) is 0 Å². The molecular formula is C20H18ClNO3S. The van der Waals surface area contributed by atoms with E-state index in [1.165, 1.54) is 0 Å². The molecule has 0 saturated carbocycles. The highest BCUT2D eigenvalue weighted by molar-refractivity contribution is 7.89. The molecule has 134 valence electrons. The minimum atomic E-state index is -3.41. The van der Waals surface area contributed by atoms with Gasteiger partial charge in [0.05, 0.1) is 4.90 Å². The Labute approximate surface area is 159 Å². The van der Waals surface area contributed by atoms with Crippen molar-refractivity contribution in [3.8, 4) is 5.75 Å². The molecule has 4 nitrogen and oxygen atoms in total. The van der Waals surface area contributed by atoms with Gasteiger partial charge in [-0.15, -0.1) is 16.8 Å². The van der Waals surface area contributed by atoms with E-state index in [1.54, 1.807) is 66.7 Å². The van der Waals surface area contributed by atoms with Gasteiger partial charge in [0.15, 0.2) is 0 Å². The van der Waals surface area contributed by atoms with E-state index in [2.05, 4.69) is 4.36 Å². The Balaban J connectivity index is 0.00000243. The summed E-state index contributed by atoms with van der Waals surface area (Å²) in [6.07, 6.45) is 0. The molecule has 0 heterocycles. The summed E-state index contributed by atoms with van der Waals surface area (Å²) in [5, 5.41) is 0. The van der Waals surface area contributed by atoms with Crippen LogP contribution in [0.1, 0.15) is 15.9 Å². The van der Waals surface area contributed by atoms with Crippen molar-refractivity contribution in [1.29, 1.82) is 0 Å². The predicted molar refractivity (Wildman–Crippen MR) is 105 cm³/mol. The van der Waals surface area contributed by atoms with E-state index < -0.39 is 15.9 Å². The lowest BCUT2D eigenvalue weighted by Crippen LogP contribution is -2.13. The summed E-state index contributed by atoms with van der Waals surface area (Å²) in [4.78, 5) is 12.8. The summed E-state index contributed by atoms with van der Waals surface area (Å²) in [5.41, 5.74) is 1.37. The van der Waals surface area contributed by atoms with Gasteiger partial charge in [-0.2, -0.15) is 0 Å². The molecule has 0 aromatic heterocycles. The van der Waals surface area contributed by atoms with Crippen molar-refractivity contribution in [2.45, 2.75) is 11.8 Å². The molecular weight excluding hydrogens is 370 g/mol. The molecule has 0 aliphatic heterocycles. The van der Waals surface area contributed by atoms with Crippen molar-refractivity contribution in [2.75, 3.05) is 0 Å². The highest BCUT2D eigenvalue weighted by Crippen LogP contribution is 2.21. The molecule has 0 N–H and O–H groups in total. The lowest BCUT2D eigenvalue weighted by Gasteiger charge is -2.12. The first kappa shape index (κ1) is 19.7. The molecule has 3 rings (SSSR count). The Morgan fingerprint density at radius 3 is 1.96 bits per heavy atom. The van der Waals surface area contributed by atoms with Gasteiger partial charge in [-0.25, -0.2) is 4.21 Å². The van der Waals surface area contributed by atoms with E-state index in [0.717, 1.165) is 5.56 Å². The van der Waals surface area contributed by atoms with Crippen LogP contribution < -0.4 is 4.18 Å². The van der Waals surface area contributed by atoms with Crippen LogP contribution in [-0.4, -0.2) is 10.1 Å². The summed E-state index contributed by atoms with van der Waals surface area (Å²) in [6.45, 7) is 1.93. The third-order valence-electron chi connectivity index (χ3n) is 3.50. The second-order valence-electron chi connectivity index (χ2n) is 5.45. The van der Waals surface area contributed by atoms with E-state index in [0.29, 0.717) is 16.2 Å². The zero-order valence-corrected chi connectivity index (χ0v) is 15.7. The number of para-hydroxylation sites is 1. The van der Waals surface area contributed by atoms with E-state index in [9.17, 15) is 9.00 Å².